The second kappa shape index (κ2) is 4.51. The van der Waals surface area contributed by atoms with Crippen LogP contribution in [0, 0.1) is 12.8 Å². The van der Waals surface area contributed by atoms with Crippen molar-refractivity contribution < 1.29 is 4.79 Å². The predicted molar refractivity (Wildman–Crippen MR) is 55.3 cm³/mol. The van der Waals surface area contributed by atoms with E-state index < -0.39 is 0 Å². The zero-order chi connectivity index (χ0) is 9.84. The zero-order valence-electron chi connectivity index (χ0n) is 8.33. The number of ketones is 1. The Bertz CT molecular complexity index is 289. The Labute approximate surface area is 83.0 Å². The van der Waals surface area contributed by atoms with Crippen LogP contribution < -0.4 is 0 Å². The minimum atomic E-state index is 0.154. The van der Waals surface area contributed by atoms with Crippen molar-refractivity contribution in [3.8, 4) is 0 Å². The van der Waals surface area contributed by atoms with Gasteiger partial charge in [-0.2, -0.15) is 0 Å². The van der Waals surface area contributed by atoms with Gasteiger partial charge in [-0.1, -0.05) is 13.8 Å². The standard InChI is InChI=1S/C10H15NOS/c1-4-8(5-2)10(12)9-6-13-7(3)11-9/h6,8H,4-5H2,1-3H3. The van der Waals surface area contributed by atoms with E-state index in [1.165, 1.54) is 11.3 Å². The molecule has 1 aromatic rings. The van der Waals surface area contributed by atoms with E-state index in [0.717, 1.165) is 17.8 Å². The second-order valence-electron chi connectivity index (χ2n) is 3.13. The molecule has 0 spiro atoms. The first kappa shape index (κ1) is 10.4. The molecule has 0 saturated carbocycles. The van der Waals surface area contributed by atoms with Crippen LogP contribution in [0.5, 0.6) is 0 Å². The number of Topliss-reactive ketones (excluding diaryl/α,β-unsaturated/α-hetero) is 1. The largest absolute Gasteiger partial charge is 0.292 e. The molecule has 0 saturated heterocycles. The van der Waals surface area contributed by atoms with Gasteiger partial charge in [0.2, 0.25) is 0 Å². The lowest BCUT2D eigenvalue weighted by atomic mass is 9.97. The van der Waals surface area contributed by atoms with Gasteiger partial charge < -0.3 is 0 Å². The van der Waals surface area contributed by atoms with Crippen molar-refractivity contribution in [1.82, 2.24) is 4.98 Å². The normalized spacial score (nSPS) is 10.8. The summed E-state index contributed by atoms with van der Waals surface area (Å²) in [6, 6.07) is 0. The maximum absolute atomic E-state index is 11.8. The molecule has 0 aliphatic carbocycles. The van der Waals surface area contributed by atoms with Crippen molar-refractivity contribution in [2.45, 2.75) is 33.6 Å². The monoisotopic (exact) mass is 197 g/mol. The highest BCUT2D eigenvalue weighted by Gasteiger charge is 2.18. The fourth-order valence-corrected chi connectivity index (χ4v) is 1.95. The molecule has 1 aromatic heterocycles. The van der Waals surface area contributed by atoms with Crippen molar-refractivity contribution >= 4 is 17.1 Å². The van der Waals surface area contributed by atoms with Crippen LogP contribution >= 0.6 is 11.3 Å². The summed E-state index contributed by atoms with van der Waals surface area (Å²) in [4.78, 5) is 16.0. The number of aromatic nitrogens is 1. The molecule has 0 aromatic carbocycles. The summed E-state index contributed by atoms with van der Waals surface area (Å²) < 4.78 is 0. The van der Waals surface area contributed by atoms with Crippen molar-refractivity contribution in [2.75, 3.05) is 0 Å². The molecular formula is C10H15NOS. The fraction of sp³-hybridized carbons (Fsp3) is 0.600. The average molecular weight is 197 g/mol. The summed E-state index contributed by atoms with van der Waals surface area (Å²) in [6.07, 6.45) is 1.82. The molecule has 2 nitrogen and oxygen atoms in total. The van der Waals surface area contributed by atoms with Gasteiger partial charge in [0.25, 0.3) is 0 Å². The van der Waals surface area contributed by atoms with Gasteiger partial charge in [0.05, 0.1) is 5.01 Å². The molecule has 72 valence electrons. The van der Waals surface area contributed by atoms with Crippen LogP contribution in [0.2, 0.25) is 0 Å². The number of hydrogen-bond acceptors (Lipinski definition) is 3. The molecule has 0 N–H and O–H groups in total. The molecule has 0 atom stereocenters. The molecule has 0 unspecified atom stereocenters. The van der Waals surface area contributed by atoms with Crippen molar-refractivity contribution in [3.05, 3.63) is 16.1 Å². The van der Waals surface area contributed by atoms with E-state index >= 15 is 0 Å². The minimum absolute atomic E-state index is 0.154. The lowest BCUT2D eigenvalue weighted by molar-refractivity contribution is 0.0909. The smallest absolute Gasteiger partial charge is 0.185 e. The first-order valence-electron chi connectivity index (χ1n) is 4.65. The van der Waals surface area contributed by atoms with Gasteiger partial charge in [-0.25, -0.2) is 4.98 Å². The lowest BCUT2D eigenvalue weighted by Gasteiger charge is -2.07. The van der Waals surface area contributed by atoms with Crippen molar-refractivity contribution in [1.29, 1.82) is 0 Å². The van der Waals surface area contributed by atoms with E-state index in [-0.39, 0.29) is 11.7 Å². The molecule has 1 heterocycles. The Morgan fingerprint density at radius 1 is 1.54 bits per heavy atom. The van der Waals surface area contributed by atoms with E-state index in [0.29, 0.717) is 5.69 Å². The van der Waals surface area contributed by atoms with E-state index in [2.05, 4.69) is 4.98 Å². The number of nitrogens with zero attached hydrogens (tertiary/aromatic N) is 1. The van der Waals surface area contributed by atoms with Crippen LogP contribution in [0.3, 0.4) is 0 Å². The molecule has 3 heteroatoms. The van der Waals surface area contributed by atoms with Crippen molar-refractivity contribution in [2.24, 2.45) is 5.92 Å². The Morgan fingerprint density at radius 2 is 2.15 bits per heavy atom. The summed E-state index contributed by atoms with van der Waals surface area (Å²) in [5, 5.41) is 2.82. The Kier molecular flexibility index (Phi) is 3.60. The molecule has 0 fully saturated rings. The summed E-state index contributed by atoms with van der Waals surface area (Å²) in [5.41, 5.74) is 0.649. The number of carbonyl (C=O) groups is 1. The van der Waals surface area contributed by atoms with Crippen LogP contribution in [0.4, 0.5) is 0 Å². The third kappa shape index (κ3) is 2.37. The number of carbonyl (C=O) groups excluding carboxylic acids is 1. The fourth-order valence-electron chi connectivity index (χ4n) is 1.35. The third-order valence-electron chi connectivity index (χ3n) is 2.23. The summed E-state index contributed by atoms with van der Waals surface area (Å²) in [5.74, 6) is 0.357. The predicted octanol–water partition coefficient (Wildman–Crippen LogP) is 3.07. The molecule has 0 bridgehead atoms. The highest BCUT2D eigenvalue weighted by Crippen LogP contribution is 2.17. The first-order chi connectivity index (χ1) is 6.19. The van der Waals surface area contributed by atoms with Gasteiger partial charge in [-0.15, -0.1) is 11.3 Å². The van der Waals surface area contributed by atoms with Crippen LogP contribution in [-0.4, -0.2) is 10.8 Å². The summed E-state index contributed by atoms with van der Waals surface area (Å²) in [7, 11) is 0. The zero-order valence-corrected chi connectivity index (χ0v) is 9.15. The van der Waals surface area contributed by atoms with E-state index in [1.54, 1.807) is 0 Å². The van der Waals surface area contributed by atoms with E-state index in [4.69, 9.17) is 0 Å². The summed E-state index contributed by atoms with van der Waals surface area (Å²) >= 11 is 1.54. The second-order valence-corrected chi connectivity index (χ2v) is 4.19. The molecule has 0 radical (unpaired) electrons. The maximum atomic E-state index is 11.8. The number of rotatable bonds is 4. The average Bonchev–Trinajstić information content (AvgIpc) is 2.54. The number of thiazole rings is 1. The number of aryl methyl sites for hydroxylation is 1. The SMILES string of the molecule is CCC(CC)C(=O)c1csc(C)n1. The molecule has 0 aliphatic heterocycles. The van der Waals surface area contributed by atoms with Crippen LogP contribution in [0.1, 0.15) is 42.2 Å². The Morgan fingerprint density at radius 3 is 2.54 bits per heavy atom. The van der Waals surface area contributed by atoms with Crippen LogP contribution in [0.25, 0.3) is 0 Å². The topological polar surface area (TPSA) is 30.0 Å². The highest BCUT2D eigenvalue weighted by atomic mass is 32.1. The lowest BCUT2D eigenvalue weighted by Crippen LogP contribution is -2.13. The molecular weight excluding hydrogens is 182 g/mol. The van der Waals surface area contributed by atoms with Crippen molar-refractivity contribution in [3.63, 3.8) is 0 Å². The summed E-state index contributed by atoms with van der Waals surface area (Å²) in [6.45, 7) is 6.02. The van der Waals surface area contributed by atoms with E-state index in [1.807, 2.05) is 26.2 Å². The highest BCUT2D eigenvalue weighted by molar-refractivity contribution is 7.09. The van der Waals surface area contributed by atoms with Gasteiger partial charge >= 0.3 is 0 Å². The van der Waals surface area contributed by atoms with Gasteiger partial charge in [-0.3, -0.25) is 4.79 Å². The van der Waals surface area contributed by atoms with Gasteiger partial charge in [0, 0.05) is 11.3 Å². The molecule has 1 rings (SSSR count). The molecule has 0 amide bonds. The van der Waals surface area contributed by atoms with Gasteiger partial charge in [0.15, 0.2) is 5.78 Å². The quantitative estimate of drug-likeness (QED) is 0.694. The Balaban J connectivity index is 2.78. The van der Waals surface area contributed by atoms with Crippen LogP contribution in [-0.2, 0) is 0 Å². The third-order valence-corrected chi connectivity index (χ3v) is 3.00. The minimum Gasteiger partial charge on any atom is -0.292 e. The Hall–Kier alpha value is -0.700. The molecule has 0 aliphatic rings. The maximum Gasteiger partial charge on any atom is 0.185 e. The number of hydrogen-bond donors (Lipinski definition) is 0. The first-order valence-corrected chi connectivity index (χ1v) is 5.53. The van der Waals surface area contributed by atoms with Gasteiger partial charge in [-0.05, 0) is 19.8 Å². The van der Waals surface area contributed by atoms with E-state index in [9.17, 15) is 4.79 Å². The van der Waals surface area contributed by atoms with Gasteiger partial charge in [0.1, 0.15) is 5.69 Å². The molecule has 13 heavy (non-hydrogen) atoms. The van der Waals surface area contributed by atoms with Crippen LogP contribution in [0.15, 0.2) is 5.38 Å².